The number of halogens is 2. The van der Waals surface area contributed by atoms with E-state index in [-0.39, 0.29) is 5.56 Å². The Balaban J connectivity index is 2.51. The van der Waals surface area contributed by atoms with Gasteiger partial charge in [-0.25, -0.2) is 4.39 Å². The number of benzene rings is 2. The first-order valence-electron chi connectivity index (χ1n) is 6.81. The van der Waals surface area contributed by atoms with Crippen LogP contribution in [0.5, 0.6) is 0 Å². The summed E-state index contributed by atoms with van der Waals surface area (Å²) in [5, 5.41) is 11.0. The van der Waals surface area contributed by atoms with E-state index < -0.39 is 11.9 Å². The van der Waals surface area contributed by atoms with Gasteiger partial charge in [0, 0.05) is 10.6 Å². The molecule has 0 fully saturated rings. The predicted molar refractivity (Wildman–Crippen MR) is 80.7 cm³/mol. The van der Waals surface area contributed by atoms with Gasteiger partial charge < -0.3 is 5.11 Å². The average molecular weight is 293 g/mol. The van der Waals surface area contributed by atoms with Gasteiger partial charge in [-0.1, -0.05) is 43.6 Å². The third-order valence-electron chi connectivity index (χ3n) is 3.55. The van der Waals surface area contributed by atoms with Crippen molar-refractivity contribution in [2.24, 2.45) is 0 Å². The summed E-state index contributed by atoms with van der Waals surface area (Å²) in [6, 6.07) is 10.2. The maximum absolute atomic E-state index is 13.9. The molecule has 2 aromatic carbocycles. The van der Waals surface area contributed by atoms with Gasteiger partial charge in [0.05, 0.1) is 0 Å². The number of hydrogen-bond acceptors (Lipinski definition) is 1. The molecule has 0 aliphatic carbocycles. The zero-order valence-electron chi connectivity index (χ0n) is 11.7. The average Bonchev–Trinajstić information content (AvgIpc) is 2.48. The van der Waals surface area contributed by atoms with Gasteiger partial charge in [0.15, 0.2) is 0 Å². The van der Waals surface area contributed by atoms with Crippen LogP contribution in [0.15, 0.2) is 36.4 Å². The van der Waals surface area contributed by atoms with E-state index in [4.69, 9.17) is 11.6 Å². The molecule has 1 nitrogen and oxygen atoms in total. The molecule has 0 bridgehead atoms. The molecule has 0 saturated carbocycles. The smallest absolute Gasteiger partial charge is 0.129 e. The van der Waals surface area contributed by atoms with Crippen molar-refractivity contribution in [1.29, 1.82) is 0 Å². The molecule has 0 spiro atoms. The molecule has 2 rings (SSSR count). The molecule has 0 saturated heterocycles. The van der Waals surface area contributed by atoms with Crippen LogP contribution in [-0.2, 0) is 12.8 Å². The van der Waals surface area contributed by atoms with Crippen molar-refractivity contribution in [2.45, 2.75) is 32.8 Å². The van der Waals surface area contributed by atoms with Gasteiger partial charge in [0.25, 0.3) is 0 Å². The highest BCUT2D eigenvalue weighted by molar-refractivity contribution is 6.30. The number of aliphatic hydroxyl groups excluding tert-OH is 1. The van der Waals surface area contributed by atoms with Crippen molar-refractivity contribution in [1.82, 2.24) is 0 Å². The first-order valence-corrected chi connectivity index (χ1v) is 7.19. The summed E-state index contributed by atoms with van der Waals surface area (Å²) in [6.45, 7) is 4.07. The standard InChI is InChI=1S/C17H18ClFO/c1-3-11-5-6-12(4-2)14(9-11)17(20)15-10-13(18)7-8-16(15)19/h5-10,17,20H,3-4H2,1-2H3. The third-order valence-corrected chi connectivity index (χ3v) is 3.78. The maximum Gasteiger partial charge on any atom is 0.129 e. The van der Waals surface area contributed by atoms with Gasteiger partial charge in [0.1, 0.15) is 11.9 Å². The van der Waals surface area contributed by atoms with E-state index in [1.807, 2.05) is 25.1 Å². The van der Waals surface area contributed by atoms with Gasteiger partial charge in [-0.3, -0.25) is 0 Å². The van der Waals surface area contributed by atoms with Crippen molar-refractivity contribution in [3.8, 4) is 0 Å². The van der Waals surface area contributed by atoms with E-state index in [1.54, 1.807) is 0 Å². The summed E-state index contributed by atoms with van der Waals surface area (Å²) < 4.78 is 13.9. The number of rotatable bonds is 4. The van der Waals surface area contributed by atoms with Crippen LogP contribution in [0.3, 0.4) is 0 Å². The second kappa shape index (κ2) is 6.38. The zero-order chi connectivity index (χ0) is 14.7. The SMILES string of the molecule is CCc1ccc(CC)c(C(O)c2cc(Cl)ccc2F)c1. The summed E-state index contributed by atoms with van der Waals surface area (Å²) in [4.78, 5) is 0. The lowest BCUT2D eigenvalue weighted by atomic mass is 9.93. The molecule has 20 heavy (non-hydrogen) atoms. The molecular formula is C17H18ClFO. The Morgan fingerprint density at radius 3 is 2.45 bits per heavy atom. The molecule has 0 amide bonds. The lowest BCUT2D eigenvalue weighted by Crippen LogP contribution is -2.06. The lowest BCUT2D eigenvalue weighted by molar-refractivity contribution is 0.214. The van der Waals surface area contributed by atoms with Crippen LogP contribution < -0.4 is 0 Å². The van der Waals surface area contributed by atoms with Crippen LogP contribution in [0.1, 0.15) is 42.2 Å². The van der Waals surface area contributed by atoms with Crippen molar-refractivity contribution in [3.05, 3.63) is 69.5 Å². The Bertz CT molecular complexity index is 610. The van der Waals surface area contributed by atoms with Crippen LogP contribution in [0.4, 0.5) is 4.39 Å². The van der Waals surface area contributed by atoms with Gasteiger partial charge in [0.2, 0.25) is 0 Å². The molecule has 0 radical (unpaired) electrons. The fraction of sp³-hybridized carbons (Fsp3) is 0.294. The maximum atomic E-state index is 13.9. The Hall–Kier alpha value is -1.38. The van der Waals surface area contributed by atoms with Crippen LogP contribution in [0.25, 0.3) is 0 Å². The minimum absolute atomic E-state index is 0.223. The Morgan fingerprint density at radius 2 is 1.80 bits per heavy atom. The topological polar surface area (TPSA) is 20.2 Å². The van der Waals surface area contributed by atoms with Gasteiger partial charge in [-0.15, -0.1) is 0 Å². The van der Waals surface area contributed by atoms with E-state index in [1.165, 1.54) is 18.2 Å². The first-order chi connectivity index (χ1) is 9.56. The highest BCUT2D eigenvalue weighted by Gasteiger charge is 2.18. The molecular weight excluding hydrogens is 275 g/mol. The van der Waals surface area contributed by atoms with E-state index in [0.29, 0.717) is 5.02 Å². The fourth-order valence-electron chi connectivity index (χ4n) is 2.33. The summed E-state index contributed by atoms with van der Waals surface area (Å²) in [6.07, 6.45) is 0.676. The Morgan fingerprint density at radius 1 is 1.05 bits per heavy atom. The zero-order valence-corrected chi connectivity index (χ0v) is 12.4. The normalized spacial score (nSPS) is 12.4. The molecule has 0 heterocycles. The van der Waals surface area contributed by atoms with Crippen LogP contribution in [-0.4, -0.2) is 5.11 Å². The number of aliphatic hydroxyl groups is 1. The summed E-state index contributed by atoms with van der Waals surface area (Å²) in [5.41, 5.74) is 3.13. The molecule has 2 aromatic rings. The van der Waals surface area contributed by atoms with E-state index >= 15 is 0 Å². The number of hydrogen-bond donors (Lipinski definition) is 1. The molecule has 0 aromatic heterocycles. The van der Waals surface area contributed by atoms with Crippen molar-refractivity contribution < 1.29 is 9.50 Å². The quantitative estimate of drug-likeness (QED) is 0.867. The van der Waals surface area contributed by atoms with Crippen LogP contribution in [0, 0.1) is 5.82 Å². The molecule has 1 N–H and O–H groups in total. The molecule has 0 aliphatic rings. The minimum atomic E-state index is -0.991. The summed E-state index contributed by atoms with van der Waals surface area (Å²) in [5.74, 6) is -0.439. The second-order valence-corrected chi connectivity index (χ2v) is 5.25. The number of aryl methyl sites for hydroxylation is 2. The van der Waals surface area contributed by atoms with Crippen LogP contribution >= 0.6 is 11.6 Å². The molecule has 1 unspecified atom stereocenters. The van der Waals surface area contributed by atoms with E-state index in [0.717, 1.165) is 29.5 Å². The third kappa shape index (κ3) is 3.02. The first kappa shape index (κ1) is 15.0. The summed E-state index contributed by atoms with van der Waals surface area (Å²) in [7, 11) is 0. The molecule has 1 atom stereocenters. The molecule has 0 aliphatic heterocycles. The fourth-order valence-corrected chi connectivity index (χ4v) is 2.51. The highest BCUT2D eigenvalue weighted by Crippen LogP contribution is 2.30. The van der Waals surface area contributed by atoms with Crippen molar-refractivity contribution in [2.75, 3.05) is 0 Å². The largest absolute Gasteiger partial charge is 0.384 e. The van der Waals surface area contributed by atoms with E-state index in [9.17, 15) is 9.50 Å². The minimum Gasteiger partial charge on any atom is -0.384 e. The van der Waals surface area contributed by atoms with Crippen molar-refractivity contribution in [3.63, 3.8) is 0 Å². The molecule has 106 valence electrons. The van der Waals surface area contributed by atoms with Gasteiger partial charge >= 0.3 is 0 Å². The molecule has 3 heteroatoms. The summed E-state index contributed by atoms with van der Waals surface area (Å²) >= 11 is 5.90. The predicted octanol–water partition coefficient (Wildman–Crippen LogP) is 4.69. The highest BCUT2D eigenvalue weighted by atomic mass is 35.5. The Labute approximate surface area is 124 Å². The van der Waals surface area contributed by atoms with Gasteiger partial charge in [-0.05, 0) is 47.7 Å². The van der Waals surface area contributed by atoms with Crippen LogP contribution in [0.2, 0.25) is 5.02 Å². The monoisotopic (exact) mass is 292 g/mol. The lowest BCUT2D eigenvalue weighted by Gasteiger charge is -2.17. The van der Waals surface area contributed by atoms with Gasteiger partial charge in [-0.2, -0.15) is 0 Å². The van der Waals surface area contributed by atoms with E-state index in [2.05, 4.69) is 6.92 Å². The second-order valence-electron chi connectivity index (χ2n) is 4.81. The Kier molecular flexibility index (Phi) is 4.79. The van der Waals surface area contributed by atoms with Crippen molar-refractivity contribution >= 4 is 11.6 Å².